The number of rotatable bonds is 2. The molecule has 96 valence electrons. The molecule has 19 heavy (non-hydrogen) atoms. The van der Waals surface area contributed by atoms with Gasteiger partial charge in [-0.25, -0.2) is 9.97 Å². The zero-order valence-electron chi connectivity index (χ0n) is 10.2. The zero-order valence-corrected chi connectivity index (χ0v) is 10.2. The van der Waals surface area contributed by atoms with Crippen molar-refractivity contribution in [1.82, 2.24) is 9.97 Å². The number of nitrogens with zero attached hydrogens (tertiary/aromatic N) is 4. The summed E-state index contributed by atoms with van der Waals surface area (Å²) < 4.78 is 10.6. The molecule has 1 fully saturated rings. The average molecular weight is 256 g/mol. The Kier molecular flexibility index (Phi) is 3.12. The fraction of sp³-hybridized carbons (Fsp3) is 0.308. The first-order chi connectivity index (χ1) is 9.36. The molecule has 0 N–H and O–H groups in total. The first-order valence-corrected chi connectivity index (χ1v) is 6.02. The van der Waals surface area contributed by atoms with Crippen molar-refractivity contribution in [1.29, 1.82) is 5.26 Å². The molecule has 0 bridgehead atoms. The molecule has 0 spiro atoms. The van der Waals surface area contributed by atoms with Crippen molar-refractivity contribution in [2.24, 2.45) is 0 Å². The molecule has 0 radical (unpaired) electrons. The summed E-state index contributed by atoms with van der Waals surface area (Å²) in [5, 5.41) is 9.07. The number of morpholine rings is 1. The van der Waals surface area contributed by atoms with Gasteiger partial charge in [-0.05, 0) is 12.1 Å². The first-order valence-electron chi connectivity index (χ1n) is 6.02. The summed E-state index contributed by atoms with van der Waals surface area (Å²) in [6, 6.07) is 7.29. The molecule has 0 saturated carbocycles. The molecular weight excluding hydrogens is 244 g/mol. The van der Waals surface area contributed by atoms with Crippen LogP contribution >= 0.6 is 0 Å². The molecule has 3 heterocycles. The lowest BCUT2D eigenvalue weighted by Gasteiger charge is -2.26. The second kappa shape index (κ2) is 5.08. The van der Waals surface area contributed by atoms with Crippen molar-refractivity contribution >= 4 is 5.95 Å². The van der Waals surface area contributed by atoms with Gasteiger partial charge in [0.25, 0.3) is 0 Å². The van der Waals surface area contributed by atoms with Crippen molar-refractivity contribution in [3.05, 3.63) is 30.2 Å². The van der Waals surface area contributed by atoms with Gasteiger partial charge in [-0.1, -0.05) is 0 Å². The van der Waals surface area contributed by atoms with Gasteiger partial charge in [-0.2, -0.15) is 5.26 Å². The van der Waals surface area contributed by atoms with Gasteiger partial charge in [-0.3, -0.25) is 0 Å². The highest BCUT2D eigenvalue weighted by atomic mass is 16.5. The van der Waals surface area contributed by atoms with Crippen LogP contribution in [0.25, 0.3) is 11.5 Å². The molecule has 2 aromatic heterocycles. The Bertz CT molecular complexity index is 598. The van der Waals surface area contributed by atoms with Crippen LogP contribution in [-0.2, 0) is 4.74 Å². The van der Waals surface area contributed by atoms with Crippen LogP contribution in [0.1, 0.15) is 5.69 Å². The van der Waals surface area contributed by atoms with Crippen molar-refractivity contribution in [2.75, 3.05) is 31.2 Å². The highest BCUT2D eigenvalue weighted by molar-refractivity contribution is 5.56. The van der Waals surface area contributed by atoms with Gasteiger partial charge >= 0.3 is 0 Å². The Morgan fingerprint density at radius 1 is 1.26 bits per heavy atom. The highest BCUT2D eigenvalue weighted by Gasteiger charge is 2.16. The topological polar surface area (TPSA) is 75.2 Å². The third-order valence-electron chi connectivity index (χ3n) is 2.90. The van der Waals surface area contributed by atoms with Crippen molar-refractivity contribution in [3.8, 4) is 17.5 Å². The summed E-state index contributed by atoms with van der Waals surface area (Å²) in [5.74, 6) is 1.18. The number of hydrogen-bond acceptors (Lipinski definition) is 6. The summed E-state index contributed by atoms with van der Waals surface area (Å²) in [5.41, 5.74) is 0.959. The van der Waals surface area contributed by atoms with Gasteiger partial charge in [-0.15, -0.1) is 0 Å². The highest BCUT2D eigenvalue weighted by Crippen LogP contribution is 2.21. The minimum absolute atomic E-state index is 0.336. The van der Waals surface area contributed by atoms with E-state index in [4.69, 9.17) is 14.4 Å². The van der Waals surface area contributed by atoms with E-state index in [0.29, 0.717) is 36.3 Å². The van der Waals surface area contributed by atoms with Gasteiger partial charge in [0.2, 0.25) is 5.95 Å². The second-order valence-corrected chi connectivity index (χ2v) is 4.13. The van der Waals surface area contributed by atoms with Crippen molar-refractivity contribution in [3.63, 3.8) is 0 Å². The van der Waals surface area contributed by atoms with E-state index in [9.17, 15) is 0 Å². The average Bonchev–Trinajstić information content (AvgIpc) is 3.02. The van der Waals surface area contributed by atoms with Crippen LogP contribution in [-0.4, -0.2) is 36.3 Å². The summed E-state index contributed by atoms with van der Waals surface area (Å²) >= 11 is 0. The van der Waals surface area contributed by atoms with Gasteiger partial charge in [0.15, 0.2) is 5.76 Å². The van der Waals surface area contributed by atoms with Crippen molar-refractivity contribution in [2.45, 2.75) is 0 Å². The molecular formula is C13H12N4O2. The molecule has 0 amide bonds. The largest absolute Gasteiger partial charge is 0.463 e. The van der Waals surface area contributed by atoms with E-state index in [1.807, 2.05) is 11.0 Å². The fourth-order valence-corrected chi connectivity index (χ4v) is 1.95. The van der Waals surface area contributed by atoms with Gasteiger partial charge in [0, 0.05) is 19.2 Å². The lowest BCUT2D eigenvalue weighted by molar-refractivity contribution is 0.122. The Balaban J connectivity index is 2.00. The lowest BCUT2D eigenvalue weighted by Crippen LogP contribution is -2.37. The predicted octanol–water partition coefficient (Wildman–Crippen LogP) is 1.44. The molecule has 0 aliphatic carbocycles. The Labute approximate surface area is 110 Å². The van der Waals surface area contributed by atoms with Gasteiger partial charge in [0.05, 0.1) is 19.5 Å². The Hall–Kier alpha value is -2.39. The smallest absolute Gasteiger partial charge is 0.227 e. The number of anilines is 1. The third-order valence-corrected chi connectivity index (χ3v) is 2.90. The fourth-order valence-electron chi connectivity index (χ4n) is 1.95. The van der Waals surface area contributed by atoms with Crippen molar-refractivity contribution < 1.29 is 9.15 Å². The normalized spacial score (nSPS) is 15.2. The van der Waals surface area contributed by atoms with E-state index in [1.165, 1.54) is 0 Å². The van der Waals surface area contributed by atoms with Crippen LogP contribution in [0.4, 0.5) is 5.95 Å². The molecule has 1 saturated heterocycles. The monoisotopic (exact) mass is 256 g/mol. The zero-order chi connectivity index (χ0) is 13.1. The summed E-state index contributed by atoms with van der Waals surface area (Å²) in [4.78, 5) is 10.7. The number of nitriles is 1. The maximum Gasteiger partial charge on any atom is 0.227 e. The van der Waals surface area contributed by atoms with Crippen LogP contribution in [0.5, 0.6) is 0 Å². The SMILES string of the molecule is N#Cc1cc(-c2ccco2)nc(N2CCOCC2)n1. The number of aromatic nitrogens is 2. The predicted molar refractivity (Wildman–Crippen MR) is 67.5 cm³/mol. The number of ether oxygens (including phenoxy) is 1. The molecule has 1 aliphatic heterocycles. The summed E-state index contributed by atoms with van der Waals surface area (Å²) in [6.07, 6.45) is 1.58. The Morgan fingerprint density at radius 2 is 2.11 bits per heavy atom. The number of furan rings is 1. The molecule has 6 heteroatoms. The quantitative estimate of drug-likeness (QED) is 0.809. The summed E-state index contributed by atoms with van der Waals surface area (Å²) in [7, 11) is 0. The van der Waals surface area contributed by atoms with E-state index < -0.39 is 0 Å². The van der Waals surface area contributed by atoms with Gasteiger partial charge < -0.3 is 14.1 Å². The van der Waals surface area contributed by atoms with Crippen LogP contribution in [0.15, 0.2) is 28.9 Å². The van der Waals surface area contributed by atoms with E-state index in [2.05, 4.69) is 16.0 Å². The van der Waals surface area contributed by atoms with E-state index in [0.717, 1.165) is 13.1 Å². The van der Waals surface area contributed by atoms with E-state index in [1.54, 1.807) is 18.4 Å². The Morgan fingerprint density at radius 3 is 2.79 bits per heavy atom. The molecule has 0 atom stereocenters. The molecule has 0 unspecified atom stereocenters. The second-order valence-electron chi connectivity index (χ2n) is 4.13. The molecule has 1 aliphatic rings. The van der Waals surface area contributed by atoms with Gasteiger partial charge in [0.1, 0.15) is 17.5 Å². The standard InChI is InChI=1S/C13H12N4O2/c14-9-10-8-11(12-2-1-5-19-12)16-13(15-10)17-3-6-18-7-4-17/h1-2,5,8H,3-4,6-7H2. The van der Waals surface area contributed by atoms with Crippen LogP contribution in [0, 0.1) is 11.3 Å². The van der Waals surface area contributed by atoms with Crippen LogP contribution < -0.4 is 4.90 Å². The minimum atomic E-state index is 0.336. The summed E-state index contributed by atoms with van der Waals surface area (Å²) in [6.45, 7) is 2.76. The molecule has 2 aromatic rings. The number of hydrogen-bond donors (Lipinski definition) is 0. The first kappa shape index (κ1) is 11.7. The van der Waals surface area contributed by atoms with Crippen LogP contribution in [0.2, 0.25) is 0 Å². The van der Waals surface area contributed by atoms with Crippen LogP contribution in [0.3, 0.4) is 0 Å². The third kappa shape index (κ3) is 2.41. The maximum absolute atomic E-state index is 9.07. The van der Waals surface area contributed by atoms with E-state index >= 15 is 0 Å². The maximum atomic E-state index is 9.07. The lowest BCUT2D eigenvalue weighted by atomic mass is 10.3. The molecule has 0 aromatic carbocycles. The van der Waals surface area contributed by atoms with E-state index in [-0.39, 0.29) is 0 Å². The minimum Gasteiger partial charge on any atom is -0.463 e. The molecule has 3 rings (SSSR count). The molecule has 6 nitrogen and oxygen atoms in total.